The zero-order valence-corrected chi connectivity index (χ0v) is 14.3. The number of aryl methyl sites for hydroxylation is 1. The molecule has 1 aliphatic heterocycles. The van der Waals surface area contributed by atoms with E-state index in [2.05, 4.69) is 5.16 Å². The molecule has 0 saturated heterocycles. The van der Waals surface area contributed by atoms with Crippen LogP contribution in [-0.4, -0.2) is 36.4 Å². The Morgan fingerprint density at radius 1 is 1.27 bits per heavy atom. The van der Waals surface area contributed by atoms with Gasteiger partial charge in [-0.05, 0) is 31.0 Å². The Morgan fingerprint density at radius 3 is 2.54 bits per heavy atom. The van der Waals surface area contributed by atoms with Crippen LogP contribution in [0, 0.1) is 6.92 Å². The predicted molar refractivity (Wildman–Crippen MR) is 84.7 cm³/mol. The van der Waals surface area contributed by atoms with Crippen LogP contribution in [0.5, 0.6) is 0 Å². The highest BCUT2D eigenvalue weighted by atomic mass is 32.2. The molecule has 11 heteroatoms. The van der Waals surface area contributed by atoms with E-state index < -0.39 is 15.5 Å². The van der Waals surface area contributed by atoms with Gasteiger partial charge >= 0.3 is 15.5 Å². The number of hydrogen-bond donors (Lipinski definition) is 1. The second kappa shape index (κ2) is 6.31. The summed E-state index contributed by atoms with van der Waals surface area (Å²) >= 11 is 0. The van der Waals surface area contributed by atoms with Gasteiger partial charge in [-0.15, -0.1) is 0 Å². The molecule has 1 amide bonds. The number of anilines is 1. The summed E-state index contributed by atoms with van der Waals surface area (Å²) in [7, 11) is -5.46. The highest BCUT2D eigenvalue weighted by Crippen LogP contribution is 2.26. The standard InChI is InChI=1S/C15H14F3N3O4S/c1-9-12-6-7-21(14(22)13(12)25-19-9)8-10-2-4-11(5-3-10)20-26(23,24)15(16,17)18/h2-5,20H,6-8H2,1H3. The van der Waals surface area contributed by atoms with E-state index in [9.17, 15) is 26.4 Å². The molecular formula is C15H14F3N3O4S. The molecule has 0 bridgehead atoms. The van der Waals surface area contributed by atoms with Crippen LogP contribution < -0.4 is 4.72 Å². The van der Waals surface area contributed by atoms with Gasteiger partial charge in [-0.2, -0.15) is 21.6 Å². The lowest BCUT2D eigenvalue weighted by Gasteiger charge is -2.25. The summed E-state index contributed by atoms with van der Waals surface area (Å²) in [6.07, 6.45) is 0.597. The Kier molecular flexibility index (Phi) is 4.42. The van der Waals surface area contributed by atoms with E-state index in [1.165, 1.54) is 33.9 Å². The highest BCUT2D eigenvalue weighted by molar-refractivity contribution is 7.93. The van der Waals surface area contributed by atoms with Crippen molar-refractivity contribution in [3.63, 3.8) is 0 Å². The molecule has 0 radical (unpaired) electrons. The summed E-state index contributed by atoms with van der Waals surface area (Å²) in [5, 5.41) is 3.78. The normalized spacial score (nSPS) is 15.1. The van der Waals surface area contributed by atoms with Crippen molar-refractivity contribution in [2.75, 3.05) is 11.3 Å². The van der Waals surface area contributed by atoms with E-state index in [4.69, 9.17) is 4.52 Å². The van der Waals surface area contributed by atoms with Crippen molar-refractivity contribution < 1.29 is 30.9 Å². The third kappa shape index (κ3) is 3.39. The van der Waals surface area contributed by atoms with Gasteiger partial charge in [-0.25, -0.2) is 0 Å². The van der Waals surface area contributed by atoms with E-state index in [1.807, 2.05) is 0 Å². The maximum Gasteiger partial charge on any atom is 0.516 e. The first-order valence-electron chi connectivity index (χ1n) is 7.51. The Bertz CT molecular complexity index is 936. The van der Waals surface area contributed by atoms with Gasteiger partial charge in [0.15, 0.2) is 0 Å². The number of benzene rings is 1. The van der Waals surface area contributed by atoms with Gasteiger partial charge in [0.05, 0.1) is 5.69 Å². The maximum atomic E-state index is 12.4. The number of hydrogen-bond acceptors (Lipinski definition) is 5. The molecule has 3 rings (SSSR count). The van der Waals surface area contributed by atoms with Crippen LogP contribution in [0.4, 0.5) is 18.9 Å². The average Bonchev–Trinajstić information content (AvgIpc) is 2.92. The van der Waals surface area contributed by atoms with Gasteiger partial charge < -0.3 is 9.42 Å². The number of amides is 1. The molecule has 1 aliphatic rings. The molecule has 26 heavy (non-hydrogen) atoms. The van der Waals surface area contributed by atoms with Crippen LogP contribution >= 0.6 is 0 Å². The second-order valence-electron chi connectivity index (χ2n) is 5.80. The summed E-state index contributed by atoms with van der Waals surface area (Å²) in [5.74, 6) is -0.114. The smallest absolute Gasteiger partial charge is 0.350 e. The maximum absolute atomic E-state index is 12.4. The summed E-state index contributed by atoms with van der Waals surface area (Å²) in [6.45, 7) is 2.42. The molecule has 0 unspecified atom stereocenters. The molecule has 0 aliphatic carbocycles. The molecule has 2 aromatic rings. The molecule has 1 aromatic carbocycles. The van der Waals surface area contributed by atoms with Gasteiger partial charge in [-0.1, -0.05) is 17.3 Å². The molecule has 7 nitrogen and oxygen atoms in total. The van der Waals surface area contributed by atoms with Crippen molar-refractivity contribution in [2.24, 2.45) is 0 Å². The number of halogens is 3. The lowest BCUT2D eigenvalue weighted by atomic mass is 10.0. The molecule has 1 N–H and O–H groups in total. The van der Waals surface area contributed by atoms with E-state index in [0.29, 0.717) is 24.2 Å². The first-order chi connectivity index (χ1) is 12.1. The molecule has 0 atom stereocenters. The lowest BCUT2D eigenvalue weighted by Crippen LogP contribution is -2.36. The van der Waals surface area contributed by atoms with E-state index in [1.54, 1.807) is 6.92 Å². The van der Waals surface area contributed by atoms with Gasteiger partial charge in [0.25, 0.3) is 5.91 Å². The minimum absolute atomic E-state index is 0.198. The number of carbonyl (C=O) groups is 1. The second-order valence-corrected chi connectivity index (χ2v) is 7.47. The fraction of sp³-hybridized carbons (Fsp3) is 0.333. The number of alkyl halides is 3. The molecule has 0 saturated carbocycles. The first-order valence-corrected chi connectivity index (χ1v) is 8.99. The van der Waals surface area contributed by atoms with Crippen LogP contribution in [0.1, 0.15) is 27.4 Å². The highest BCUT2D eigenvalue weighted by Gasteiger charge is 2.46. The van der Waals surface area contributed by atoms with Crippen LogP contribution in [0.2, 0.25) is 0 Å². The quantitative estimate of drug-likeness (QED) is 0.867. The van der Waals surface area contributed by atoms with Crippen molar-refractivity contribution in [3.05, 3.63) is 46.8 Å². The summed E-state index contributed by atoms with van der Waals surface area (Å²) in [6, 6.07) is 5.31. The number of nitrogens with zero attached hydrogens (tertiary/aromatic N) is 2. The monoisotopic (exact) mass is 389 g/mol. The number of aromatic nitrogens is 1. The van der Waals surface area contributed by atoms with Crippen LogP contribution in [0.15, 0.2) is 28.8 Å². The Balaban J connectivity index is 1.70. The largest absolute Gasteiger partial charge is 0.516 e. The molecule has 1 aromatic heterocycles. The Hall–Kier alpha value is -2.56. The topological polar surface area (TPSA) is 92.5 Å². The van der Waals surface area contributed by atoms with E-state index in [-0.39, 0.29) is 23.9 Å². The summed E-state index contributed by atoms with van der Waals surface area (Å²) < 4.78 is 65.8. The van der Waals surface area contributed by atoms with Crippen molar-refractivity contribution in [1.82, 2.24) is 10.1 Å². The predicted octanol–water partition coefficient (Wildman–Crippen LogP) is 2.44. The molecule has 0 fully saturated rings. The third-order valence-corrected chi connectivity index (χ3v) is 5.10. The lowest BCUT2D eigenvalue weighted by molar-refractivity contribution is -0.0429. The van der Waals surface area contributed by atoms with Crippen molar-refractivity contribution in [2.45, 2.75) is 25.4 Å². The summed E-state index contributed by atoms with van der Waals surface area (Å²) in [4.78, 5) is 13.9. The Labute approximate surface area is 146 Å². The number of rotatable bonds is 4. The number of sulfonamides is 1. The van der Waals surface area contributed by atoms with Crippen molar-refractivity contribution in [1.29, 1.82) is 0 Å². The van der Waals surface area contributed by atoms with Gasteiger partial charge in [0, 0.05) is 24.3 Å². The van der Waals surface area contributed by atoms with Crippen molar-refractivity contribution >= 4 is 21.6 Å². The minimum Gasteiger partial charge on any atom is -0.350 e. The van der Waals surface area contributed by atoms with Gasteiger partial charge in [0.1, 0.15) is 0 Å². The number of carbonyl (C=O) groups excluding carboxylic acids is 1. The number of nitrogens with one attached hydrogen (secondary N) is 1. The SMILES string of the molecule is Cc1noc2c1CCN(Cc1ccc(NS(=O)(=O)C(F)(F)F)cc1)C2=O. The number of fused-ring (bicyclic) bond motifs is 1. The van der Waals surface area contributed by atoms with Gasteiger partial charge in [-0.3, -0.25) is 9.52 Å². The third-order valence-electron chi connectivity index (χ3n) is 3.98. The first kappa shape index (κ1) is 18.2. The minimum atomic E-state index is -5.46. The zero-order chi connectivity index (χ0) is 19.1. The van der Waals surface area contributed by atoms with Gasteiger partial charge in [0.2, 0.25) is 5.76 Å². The van der Waals surface area contributed by atoms with Crippen molar-refractivity contribution in [3.8, 4) is 0 Å². The molecular weight excluding hydrogens is 375 g/mol. The fourth-order valence-electron chi connectivity index (χ4n) is 2.61. The molecule has 0 spiro atoms. The summed E-state index contributed by atoms with van der Waals surface area (Å²) in [5.41, 5.74) is -3.52. The average molecular weight is 389 g/mol. The van der Waals surface area contributed by atoms with Crippen LogP contribution in [0.25, 0.3) is 0 Å². The fourth-order valence-corrected chi connectivity index (χ4v) is 3.17. The van der Waals surface area contributed by atoms with Crippen LogP contribution in [0.3, 0.4) is 0 Å². The van der Waals surface area contributed by atoms with Crippen LogP contribution in [-0.2, 0) is 23.0 Å². The van der Waals surface area contributed by atoms with E-state index in [0.717, 1.165) is 5.56 Å². The molecule has 2 heterocycles. The van der Waals surface area contributed by atoms with E-state index >= 15 is 0 Å². The Morgan fingerprint density at radius 2 is 1.92 bits per heavy atom. The zero-order valence-electron chi connectivity index (χ0n) is 13.5. The molecule has 140 valence electrons.